The van der Waals surface area contributed by atoms with Gasteiger partial charge in [0.05, 0.1) is 0 Å². The van der Waals surface area contributed by atoms with E-state index in [-0.39, 0.29) is 0 Å². The van der Waals surface area contributed by atoms with Crippen LogP contribution in [-0.2, 0) is 0 Å². The molecule has 2 aromatic carbocycles. The molecular weight excluding hydrogens is 261 g/mol. The van der Waals surface area contributed by atoms with Gasteiger partial charge >= 0.3 is 5.97 Å². The molecule has 6 heteroatoms. The summed E-state index contributed by atoms with van der Waals surface area (Å²) in [6, 6.07) is 5.69. The quantitative estimate of drug-likeness (QED) is 0.925. The third kappa shape index (κ3) is 2.67. The van der Waals surface area contributed by atoms with E-state index in [9.17, 15) is 18.0 Å². The third-order valence-electron chi connectivity index (χ3n) is 2.30. The van der Waals surface area contributed by atoms with E-state index in [2.05, 4.69) is 0 Å². The zero-order valence-corrected chi connectivity index (χ0v) is 9.36. The molecule has 1 N–H and O–H groups in total. The average Bonchev–Trinajstić information content (AvgIpc) is 2.34. The highest BCUT2D eigenvalue weighted by Gasteiger charge is 2.18. The van der Waals surface area contributed by atoms with Crippen LogP contribution in [0, 0.1) is 17.5 Å². The molecule has 98 valence electrons. The number of ether oxygens (including phenoxy) is 1. The lowest BCUT2D eigenvalue weighted by Crippen LogP contribution is -2.02. The normalized spacial score (nSPS) is 10.3. The standard InChI is InChI=1S/C13H7F3O3/c14-7-4-5-11(10(16)6-7)19-12-8(13(17)18)2-1-3-9(12)15/h1-6H,(H,17,18). The van der Waals surface area contributed by atoms with Gasteiger partial charge in [-0.25, -0.2) is 18.0 Å². The van der Waals surface area contributed by atoms with Gasteiger partial charge in [-0.3, -0.25) is 0 Å². The van der Waals surface area contributed by atoms with Crippen LogP contribution in [0.1, 0.15) is 10.4 Å². The van der Waals surface area contributed by atoms with Gasteiger partial charge in [0.1, 0.15) is 11.4 Å². The van der Waals surface area contributed by atoms with Gasteiger partial charge in [0.25, 0.3) is 0 Å². The molecule has 2 aromatic rings. The number of halogens is 3. The molecule has 0 aromatic heterocycles. The average molecular weight is 268 g/mol. The van der Waals surface area contributed by atoms with Crippen molar-refractivity contribution in [2.75, 3.05) is 0 Å². The maximum atomic E-state index is 13.5. The van der Waals surface area contributed by atoms with Crippen LogP contribution >= 0.6 is 0 Å². The molecule has 0 aliphatic rings. The third-order valence-corrected chi connectivity index (χ3v) is 2.30. The predicted molar refractivity (Wildman–Crippen MR) is 59.8 cm³/mol. The molecule has 0 bridgehead atoms. The fraction of sp³-hybridized carbons (Fsp3) is 0. The molecule has 0 aliphatic heterocycles. The first kappa shape index (κ1) is 12.9. The SMILES string of the molecule is O=C(O)c1cccc(F)c1Oc1ccc(F)cc1F. The number of carboxylic acids is 1. The van der Waals surface area contributed by atoms with E-state index in [1.165, 1.54) is 6.07 Å². The van der Waals surface area contributed by atoms with Crippen LogP contribution in [0.15, 0.2) is 36.4 Å². The molecule has 0 atom stereocenters. The van der Waals surface area contributed by atoms with Crippen molar-refractivity contribution in [3.8, 4) is 11.5 Å². The number of carbonyl (C=O) groups is 1. The number of carboxylic acid groups (broad SMARTS) is 1. The fourth-order valence-corrected chi connectivity index (χ4v) is 1.45. The van der Waals surface area contributed by atoms with Crippen molar-refractivity contribution < 1.29 is 27.8 Å². The second kappa shape index (κ2) is 5.01. The summed E-state index contributed by atoms with van der Waals surface area (Å²) in [5.74, 6) is -5.34. The van der Waals surface area contributed by atoms with Crippen LogP contribution in [0.5, 0.6) is 11.5 Å². The van der Waals surface area contributed by atoms with Crippen molar-refractivity contribution in [3.05, 3.63) is 59.4 Å². The van der Waals surface area contributed by atoms with E-state index in [4.69, 9.17) is 9.84 Å². The summed E-state index contributed by atoms with van der Waals surface area (Å²) in [7, 11) is 0. The van der Waals surface area contributed by atoms with E-state index >= 15 is 0 Å². The summed E-state index contributed by atoms with van der Waals surface area (Å²) < 4.78 is 44.5. The molecule has 0 radical (unpaired) electrons. The number of para-hydroxylation sites is 1. The first-order chi connectivity index (χ1) is 8.99. The van der Waals surface area contributed by atoms with Crippen molar-refractivity contribution in [2.45, 2.75) is 0 Å². The highest BCUT2D eigenvalue weighted by atomic mass is 19.1. The second-order valence-corrected chi connectivity index (χ2v) is 3.60. The van der Waals surface area contributed by atoms with Gasteiger partial charge in [0.2, 0.25) is 0 Å². The van der Waals surface area contributed by atoms with Gasteiger partial charge in [-0.1, -0.05) is 6.07 Å². The van der Waals surface area contributed by atoms with Crippen molar-refractivity contribution in [1.29, 1.82) is 0 Å². The Morgan fingerprint density at radius 3 is 2.42 bits per heavy atom. The molecule has 0 unspecified atom stereocenters. The molecule has 0 saturated heterocycles. The molecule has 2 rings (SSSR count). The lowest BCUT2D eigenvalue weighted by atomic mass is 10.2. The zero-order valence-electron chi connectivity index (χ0n) is 9.36. The molecule has 0 fully saturated rings. The number of aromatic carboxylic acids is 1. The summed E-state index contributed by atoms with van der Waals surface area (Å²) in [5.41, 5.74) is -0.455. The number of benzene rings is 2. The minimum atomic E-state index is -1.42. The minimum absolute atomic E-state index is 0.455. The first-order valence-electron chi connectivity index (χ1n) is 5.13. The van der Waals surface area contributed by atoms with Crippen molar-refractivity contribution in [3.63, 3.8) is 0 Å². The Morgan fingerprint density at radius 2 is 1.79 bits per heavy atom. The van der Waals surface area contributed by atoms with Gasteiger partial charge in [-0.15, -0.1) is 0 Å². The molecule has 19 heavy (non-hydrogen) atoms. The molecule has 0 spiro atoms. The van der Waals surface area contributed by atoms with Crippen molar-refractivity contribution in [2.24, 2.45) is 0 Å². The van der Waals surface area contributed by atoms with Gasteiger partial charge in [-0.2, -0.15) is 0 Å². The Morgan fingerprint density at radius 1 is 1.05 bits per heavy atom. The second-order valence-electron chi connectivity index (χ2n) is 3.60. The van der Waals surface area contributed by atoms with E-state index in [0.29, 0.717) is 6.07 Å². The Kier molecular flexibility index (Phi) is 3.41. The van der Waals surface area contributed by atoms with Gasteiger partial charge < -0.3 is 9.84 Å². The van der Waals surface area contributed by atoms with Gasteiger partial charge in [-0.05, 0) is 24.3 Å². The van der Waals surface area contributed by atoms with E-state index in [1.54, 1.807) is 0 Å². The monoisotopic (exact) mass is 268 g/mol. The van der Waals surface area contributed by atoms with Crippen LogP contribution in [0.3, 0.4) is 0 Å². The van der Waals surface area contributed by atoms with Crippen molar-refractivity contribution in [1.82, 2.24) is 0 Å². The van der Waals surface area contributed by atoms with Gasteiger partial charge in [0.15, 0.2) is 23.1 Å². The smallest absolute Gasteiger partial charge is 0.339 e. The summed E-state index contributed by atoms with van der Waals surface area (Å²) in [4.78, 5) is 10.9. The summed E-state index contributed by atoms with van der Waals surface area (Å²) in [5, 5.41) is 8.88. The maximum Gasteiger partial charge on any atom is 0.339 e. The van der Waals surface area contributed by atoms with Crippen LogP contribution < -0.4 is 4.74 Å². The van der Waals surface area contributed by atoms with Crippen LogP contribution in [0.4, 0.5) is 13.2 Å². The highest BCUT2D eigenvalue weighted by Crippen LogP contribution is 2.30. The van der Waals surface area contributed by atoms with E-state index in [1.807, 2.05) is 0 Å². The Balaban J connectivity index is 2.46. The van der Waals surface area contributed by atoms with Crippen LogP contribution in [0.2, 0.25) is 0 Å². The largest absolute Gasteiger partial charge is 0.478 e. The van der Waals surface area contributed by atoms with Crippen LogP contribution in [0.25, 0.3) is 0 Å². The Hall–Kier alpha value is -2.50. The van der Waals surface area contributed by atoms with Crippen molar-refractivity contribution >= 4 is 5.97 Å². The topological polar surface area (TPSA) is 46.5 Å². The molecular formula is C13H7F3O3. The maximum absolute atomic E-state index is 13.5. The molecule has 0 amide bonds. The minimum Gasteiger partial charge on any atom is -0.478 e. The number of hydrogen-bond acceptors (Lipinski definition) is 2. The fourth-order valence-electron chi connectivity index (χ4n) is 1.45. The summed E-state index contributed by atoms with van der Waals surface area (Å²) in [6.45, 7) is 0. The molecule has 0 aliphatic carbocycles. The zero-order chi connectivity index (χ0) is 14.0. The number of hydrogen-bond donors (Lipinski definition) is 1. The predicted octanol–water partition coefficient (Wildman–Crippen LogP) is 3.59. The highest BCUT2D eigenvalue weighted by molar-refractivity contribution is 5.91. The lowest BCUT2D eigenvalue weighted by molar-refractivity contribution is 0.0693. The van der Waals surface area contributed by atoms with Crippen LogP contribution in [-0.4, -0.2) is 11.1 Å². The Bertz CT molecular complexity index is 641. The van der Waals surface area contributed by atoms with Gasteiger partial charge in [0, 0.05) is 6.07 Å². The lowest BCUT2D eigenvalue weighted by Gasteiger charge is -2.10. The van der Waals surface area contributed by atoms with E-state index in [0.717, 1.165) is 24.3 Å². The molecule has 0 saturated carbocycles. The number of rotatable bonds is 3. The summed E-state index contributed by atoms with van der Waals surface area (Å²) in [6.07, 6.45) is 0. The van der Waals surface area contributed by atoms with E-state index < -0.39 is 40.5 Å². The Labute approximate surface area is 105 Å². The summed E-state index contributed by atoms with van der Waals surface area (Å²) >= 11 is 0. The molecule has 3 nitrogen and oxygen atoms in total. The first-order valence-corrected chi connectivity index (χ1v) is 5.13. The molecule has 0 heterocycles.